The molecule has 1 aromatic heterocycles. The standard InChI is InChI=1S/C10H15NO2S/c1-3-8-4-5-9(14-8)10(13)11-6-7(2)12/h4-5,7,12H,3,6H2,1-2H3,(H,11,13). The number of hydrogen-bond donors (Lipinski definition) is 2. The first-order chi connectivity index (χ1) is 6.63. The average molecular weight is 213 g/mol. The highest BCUT2D eigenvalue weighted by Gasteiger charge is 2.08. The van der Waals surface area contributed by atoms with Gasteiger partial charge in [0.05, 0.1) is 11.0 Å². The number of aryl methyl sites for hydroxylation is 1. The van der Waals surface area contributed by atoms with Crippen molar-refractivity contribution in [3.8, 4) is 0 Å². The van der Waals surface area contributed by atoms with Gasteiger partial charge in [0, 0.05) is 11.4 Å². The molecule has 0 aromatic carbocycles. The average Bonchev–Trinajstić information content (AvgIpc) is 2.62. The van der Waals surface area contributed by atoms with Gasteiger partial charge in [-0.1, -0.05) is 6.92 Å². The van der Waals surface area contributed by atoms with Crippen molar-refractivity contribution in [2.45, 2.75) is 26.4 Å². The third-order valence-electron chi connectivity index (χ3n) is 1.79. The van der Waals surface area contributed by atoms with E-state index in [4.69, 9.17) is 5.11 Å². The number of nitrogens with one attached hydrogen (secondary N) is 1. The number of hydrogen-bond acceptors (Lipinski definition) is 3. The minimum atomic E-state index is -0.496. The maximum absolute atomic E-state index is 11.5. The predicted molar refractivity (Wildman–Crippen MR) is 57.7 cm³/mol. The van der Waals surface area contributed by atoms with Gasteiger partial charge in [-0.25, -0.2) is 0 Å². The molecule has 1 heterocycles. The van der Waals surface area contributed by atoms with Crippen LogP contribution in [-0.4, -0.2) is 23.7 Å². The Morgan fingerprint density at radius 3 is 2.86 bits per heavy atom. The lowest BCUT2D eigenvalue weighted by Gasteiger charge is -2.04. The molecular formula is C10H15NO2S. The second-order valence-corrected chi connectivity index (χ2v) is 4.35. The molecule has 1 unspecified atom stereocenters. The van der Waals surface area contributed by atoms with Gasteiger partial charge in [-0.15, -0.1) is 11.3 Å². The zero-order chi connectivity index (χ0) is 10.6. The lowest BCUT2D eigenvalue weighted by Crippen LogP contribution is -2.29. The van der Waals surface area contributed by atoms with Gasteiger partial charge in [-0.3, -0.25) is 4.79 Å². The molecule has 0 spiro atoms. The second kappa shape index (κ2) is 5.12. The monoisotopic (exact) mass is 213 g/mol. The number of aliphatic hydroxyl groups is 1. The predicted octanol–water partition coefficient (Wildman–Crippen LogP) is 1.42. The summed E-state index contributed by atoms with van der Waals surface area (Å²) in [6.07, 6.45) is 0.457. The molecule has 0 saturated carbocycles. The first-order valence-corrected chi connectivity index (χ1v) is 5.50. The van der Waals surface area contributed by atoms with Gasteiger partial charge in [0.1, 0.15) is 0 Å². The van der Waals surface area contributed by atoms with Crippen LogP contribution in [0, 0.1) is 0 Å². The Kier molecular flexibility index (Phi) is 4.10. The Labute approximate surface area is 87.8 Å². The van der Waals surface area contributed by atoms with Crippen LogP contribution in [0.1, 0.15) is 28.4 Å². The van der Waals surface area contributed by atoms with Crippen LogP contribution in [0.4, 0.5) is 0 Å². The van der Waals surface area contributed by atoms with E-state index < -0.39 is 6.10 Å². The fraction of sp³-hybridized carbons (Fsp3) is 0.500. The smallest absolute Gasteiger partial charge is 0.261 e. The molecule has 0 radical (unpaired) electrons. The number of aliphatic hydroxyl groups excluding tert-OH is 1. The molecule has 78 valence electrons. The summed E-state index contributed by atoms with van der Waals surface area (Å²) in [5.74, 6) is -0.101. The zero-order valence-corrected chi connectivity index (χ0v) is 9.23. The van der Waals surface area contributed by atoms with Gasteiger partial charge in [0.2, 0.25) is 0 Å². The minimum Gasteiger partial charge on any atom is -0.392 e. The third kappa shape index (κ3) is 3.12. The van der Waals surface area contributed by atoms with E-state index in [0.29, 0.717) is 11.4 Å². The van der Waals surface area contributed by atoms with Crippen molar-refractivity contribution in [1.29, 1.82) is 0 Å². The van der Waals surface area contributed by atoms with Gasteiger partial charge in [0.15, 0.2) is 0 Å². The molecule has 1 rings (SSSR count). The molecule has 1 atom stereocenters. The van der Waals surface area contributed by atoms with Crippen LogP contribution in [0.5, 0.6) is 0 Å². The summed E-state index contributed by atoms with van der Waals surface area (Å²) in [7, 11) is 0. The minimum absolute atomic E-state index is 0.101. The quantitative estimate of drug-likeness (QED) is 0.794. The van der Waals surface area contributed by atoms with Crippen molar-refractivity contribution in [3.05, 3.63) is 21.9 Å². The summed E-state index contributed by atoms with van der Waals surface area (Å²) in [4.78, 5) is 13.4. The van der Waals surface area contributed by atoms with Gasteiger partial charge in [-0.2, -0.15) is 0 Å². The molecule has 1 aromatic rings. The van der Waals surface area contributed by atoms with Crippen molar-refractivity contribution in [3.63, 3.8) is 0 Å². The molecule has 0 aliphatic rings. The summed E-state index contributed by atoms with van der Waals surface area (Å²) >= 11 is 1.50. The Hall–Kier alpha value is -0.870. The molecule has 2 N–H and O–H groups in total. The van der Waals surface area contributed by atoms with E-state index >= 15 is 0 Å². The van der Waals surface area contributed by atoms with Crippen LogP contribution < -0.4 is 5.32 Å². The SMILES string of the molecule is CCc1ccc(C(=O)NCC(C)O)s1. The van der Waals surface area contributed by atoms with Crippen LogP contribution in [0.2, 0.25) is 0 Å². The largest absolute Gasteiger partial charge is 0.392 e. The second-order valence-electron chi connectivity index (χ2n) is 3.18. The fourth-order valence-electron chi connectivity index (χ4n) is 1.02. The number of thiophene rings is 1. The van der Waals surface area contributed by atoms with E-state index in [2.05, 4.69) is 12.2 Å². The van der Waals surface area contributed by atoms with Gasteiger partial charge >= 0.3 is 0 Å². The van der Waals surface area contributed by atoms with Gasteiger partial charge in [-0.05, 0) is 25.5 Å². The van der Waals surface area contributed by atoms with E-state index in [1.165, 1.54) is 16.2 Å². The number of amides is 1. The summed E-state index contributed by atoms with van der Waals surface area (Å²) < 4.78 is 0. The van der Waals surface area contributed by atoms with Crippen molar-refractivity contribution < 1.29 is 9.90 Å². The van der Waals surface area contributed by atoms with Crippen LogP contribution in [0.15, 0.2) is 12.1 Å². The molecule has 3 nitrogen and oxygen atoms in total. The summed E-state index contributed by atoms with van der Waals surface area (Å²) in [5, 5.41) is 11.6. The van der Waals surface area contributed by atoms with Crippen LogP contribution in [-0.2, 0) is 6.42 Å². The number of carbonyl (C=O) groups excluding carboxylic acids is 1. The third-order valence-corrected chi connectivity index (χ3v) is 3.02. The van der Waals surface area contributed by atoms with Crippen LogP contribution in [0.25, 0.3) is 0 Å². The molecular weight excluding hydrogens is 198 g/mol. The Morgan fingerprint density at radius 1 is 1.64 bits per heavy atom. The van der Waals surface area contributed by atoms with Crippen molar-refractivity contribution in [1.82, 2.24) is 5.32 Å². The molecule has 0 aliphatic carbocycles. The Bertz CT molecular complexity index is 307. The summed E-state index contributed by atoms with van der Waals surface area (Å²) in [6.45, 7) is 4.01. The molecule has 0 aliphatic heterocycles. The molecule has 1 amide bonds. The fourth-order valence-corrected chi connectivity index (χ4v) is 1.88. The van der Waals surface area contributed by atoms with Crippen molar-refractivity contribution >= 4 is 17.2 Å². The van der Waals surface area contributed by atoms with E-state index in [9.17, 15) is 4.79 Å². The molecule has 0 saturated heterocycles. The van der Waals surface area contributed by atoms with Crippen molar-refractivity contribution in [2.75, 3.05) is 6.54 Å². The summed E-state index contributed by atoms with van der Waals surface area (Å²) in [5.41, 5.74) is 0. The highest BCUT2D eigenvalue weighted by molar-refractivity contribution is 7.14. The van der Waals surface area contributed by atoms with Gasteiger partial charge in [0.25, 0.3) is 5.91 Å². The summed E-state index contributed by atoms with van der Waals surface area (Å²) in [6, 6.07) is 3.78. The maximum atomic E-state index is 11.5. The maximum Gasteiger partial charge on any atom is 0.261 e. The normalized spacial score (nSPS) is 12.5. The van der Waals surface area contributed by atoms with E-state index in [1.807, 2.05) is 12.1 Å². The van der Waals surface area contributed by atoms with E-state index in [-0.39, 0.29) is 5.91 Å². The topological polar surface area (TPSA) is 49.3 Å². The highest BCUT2D eigenvalue weighted by atomic mass is 32.1. The molecule has 0 fully saturated rings. The lowest BCUT2D eigenvalue weighted by atomic mass is 10.3. The number of rotatable bonds is 4. The zero-order valence-electron chi connectivity index (χ0n) is 8.41. The van der Waals surface area contributed by atoms with E-state index in [0.717, 1.165) is 6.42 Å². The molecule has 14 heavy (non-hydrogen) atoms. The van der Waals surface area contributed by atoms with Crippen LogP contribution >= 0.6 is 11.3 Å². The highest BCUT2D eigenvalue weighted by Crippen LogP contribution is 2.16. The Morgan fingerprint density at radius 2 is 2.36 bits per heavy atom. The first kappa shape index (κ1) is 11.2. The number of carbonyl (C=O) groups is 1. The molecule has 4 heteroatoms. The first-order valence-electron chi connectivity index (χ1n) is 4.68. The molecule has 0 bridgehead atoms. The van der Waals surface area contributed by atoms with Crippen molar-refractivity contribution in [2.24, 2.45) is 0 Å². The van der Waals surface area contributed by atoms with E-state index in [1.54, 1.807) is 6.92 Å². The Balaban J connectivity index is 2.52. The van der Waals surface area contributed by atoms with Crippen LogP contribution in [0.3, 0.4) is 0 Å². The van der Waals surface area contributed by atoms with Gasteiger partial charge < -0.3 is 10.4 Å². The lowest BCUT2D eigenvalue weighted by molar-refractivity contribution is 0.0928.